The molecule has 4 rings (SSSR count). The van der Waals surface area contributed by atoms with Gasteiger partial charge in [-0.25, -0.2) is 4.98 Å². The molecule has 7 nitrogen and oxygen atoms in total. The van der Waals surface area contributed by atoms with E-state index in [-0.39, 0.29) is 17.9 Å². The molecular formula is C17H21N3O4S. The summed E-state index contributed by atoms with van der Waals surface area (Å²) in [6, 6.07) is 0. The number of methoxy groups -OCH3 is 1. The molecule has 0 saturated carbocycles. The quantitative estimate of drug-likeness (QED) is 0.690. The molecule has 3 aliphatic rings. The van der Waals surface area contributed by atoms with Crippen molar-refractivity contribution < 1.29 is 19.1 Å². The van der Waals surface area contributed by atoms with Crippen molar-refractivity contribution in [3.8, 4) is 0 Å². The van der Waals surface area contributed by atoms with Gasteiger partial charge in [0.15, 0.2) is 0 Å². The van der Waals surface area contributed by atoms with Crippen LogP contribution in [0.25, 0.3) is 0 Å². The Morgan fingerprint density at radius 2 is 2.44 bits per heavy atom. The zero-order chi connectivity index (χ0) is 17.6. The Labute approximate surface area is 150 Å². The predicted octanol–water partition coefficient (Wildman–Crippen LogP) is 0.530. The lowest BCUT2D eigenvalue weighted by Crippen LogP contribution is -2.44. The van der Waals surface area contributed by atoms with Gasteiger partial charge in [-0.15, -0.1) is 11.3 Å². The van der Waals surface area contributed by atoms with Gasteiger partial charge in [-0.1, -0.05) is 12.2 Å². The van der Waals surface area contributed by atoms with E-state index in [1.165, 1.54) is 11.3 Å². The highest BCUT2D eigenvalue weighted by atomic mass is 32.1. The molecule has 0 aliphatic carbocycles. The highest BCUT2D eigenvalue weighted by Gasteiger charge is 2.66. The fourth-order valence-electron chi connectivity index (χ4n) is 4.12. The molecule has 3 aliphatic heterocycles. The van der Waals surface area contributed by atoms with E-state index in [0.29, 0.717) is 26.2 Å². The molecule has 2 fully saturated rings. The Balaban J connectivity index is 1.53. The van der Waals surface area contributed by atoms with Crippen LogP contribution in [0.5, 0.6) is 0 Å². The second kappa shape index (κ2) is 6.19. The lowest BCUT2D eigenvalue weighted by molar-refractivity contribution is -0.142. The molecule has 0 radical (unpaired) electrons. The van der Waals surface area contributed by atoms with Crippen molar-refractivity contribution in [2.24, 2.45) is 11.8 Å². The fourth-order valence-corrected chi connectivity index (χ4v) is 4.79. The molecule has 2 bridgehead atoms. The molecule has 25 heavy (non-hydrogen) atoms. The lowest BCUT2D eigenvalue weighted by atomic mass is 9.76. The van der Waals surface area contributed by atoms with Gasteiger partial charge in [-0.2, -0.15) is 0 Å². The summed E-state index contributed by atoms with van der Waals surface area (Å²) >= 11 is 1.52. The molecule has 2 unspecified atom stereocenters. The molecule has 1 spiro atoms. The van der Waals surface area contributed by atoms with E-state index >= 15 is 0 Å². The SMILES string of the molecule is COCCN1C[C@]23C=C[C@H](O2)C(C(=O)N(C)Cc2nccs2)C3C1=O. The molecule has 2 saturated heterocycles. The average molecular weight is 363 g/mol. The normalized spacial score (nSPS) is 32.5. The van der Waals surface area contributed by atoms with E-state index in [1.54, 1.807) is 30.2 Å². The summed E-state index contributed by atoms with van der Waals surface area (Å²) in [4.78, 5) is 33.6. The molecule has 0 N–H and O–H groups in total. The van der Waals surface area contributed by atoms with Gasteiger partial charge in [0.05, 0.1) is 37.6 Å². The van der Waals surface area contributed by atoms with E-state index in [4.69, 9.17) is 9.47 Å². The Morgan fingerprint density at radius 3 is 3.16 bits per heavy atom. The number of ether oxygens (including phenoxy) is 2. The maximum Gasteiger partial charge on any atom is 0.230 e. The Bertz CT molecular complexity index is 707. The highest BCUT2D eigenvalue weighted by molar-refractivity contribution is 7.09. The Kier molecular flexibility index (Phi) is 4.13. The zero-order valence-corrected chi connectivity index (χ0v) is 15.1. The zero-order valence-electron chi connectivity index (χ0n) is 14.3. The number of likely N-dealkylation sites (tertiary alicyclic amines) is 1. The smallest absolute Gasteiger partial charge is 0.230 e. The monoisotopic (exact) mass is 363 g/mol. The first-order valence-corrected chi connectivity index (χ1v) is 9.22. The number of aromatic nitrogens is 1. The summed E-state index contributed by atoms with van der Waals surface area (Å²) in [6.07, 6.45) is 5.32. The summed E-state index contributed by atoms with van der Waals surface area (Å²) in [5, 5.41) is 2.77. The number of carbonyl (C=O) groups excluding carboxylic acids is 2. The average Bonchev–Trinajstić information content (AvgIpc) is 3.35. The van der Waals surface area contributed by atoms with Gasteiger partial charge in [0, 0.05) is 32.3 Å². The lowest BCUT2D eigenvalue weighted by Gasteiger charge is -2.27. The van der Waals surface area contributed by atoms with E-state index in [2.05, 4.69) is 4.98 Å². The van der Waals surface area contributed by atoms with Crippen molar-refractivity contribution in [2.45, 2.75) is 18.2 Å². The fraction of sp³-hybridized carbons (Fsp3) is 0.588. The second-order valence-electron chi connectivity index (χ2n) is 6.77. The maximum absolute atomic E-state index is 13.1. The maximum atomic E-state index is 13.1. The van der Waals surface area contributed by atoms with Gasteiger partial charge in [0.1, 0.15) is 10.6 Å². The van der Waals surface area contributed by atoms with Crippen LogP contribution in [0, 0.1) is 11.8 Å². The Morgan fingerprint density at radius 1 is 1.60 bits per heavy atom. The minimum absolute atomic E-state index is 0.00935. The van der Waals surface area contributed by atoms with Crippen LogP contribution in [0.1, 0.15) is 5.01 Å². The molecule has 4 heterocycles. The van der Waals surface area contributed by atoms with Crippen LogP contribution in [-0.2, 0) is 25.6 Å². The van der Waals surface area contributed by atoms with Crippen LogP contribution in [-0.4, -0.2) is 72.2 Å². The van der Waals surface area contributed by atoms with Crippen LogP contribution in [0.3, 0.4) is 0 Å². The molecule has 2 amide bonds. The highest BCUT2D eigenvalue weighted by Crippen LogP contribution is 2.52. The van der Waals surface area contributed by atoms with Crippen molar-refractivity contribution in [3.63, 3.8) is 0 Å². The van der Waals surface area contributed by atoms with Gasteiger partial charge < -0.3 is 19.3 Å². The van der Waals surface area contributed by atoms with E-state index in [9.17, 15) is 9.59 Å². The van der Waals surface area contributed by atoms with Crippen LogP contribution in [0.15, 0.2) is 23.7 Å². The number of amides is 2. The van der Waals surface area contributed by atoms with Crippen molar-refractivity contribution in [1.29, 1.82) is 0 Å². The summed E-state index contributed by atoms with van der Waals surface area (Å²) in [5.74, 6) is -0.969. The van der Waals surface area contributed by atoms with Crippen molar-refractivity contribution in [3.05, 3.63) is 28.7 Å². The largest absolute Gasteiger partial charge is 0.383 e. The number of carbonyl (C=O) groups is 2. The topological polar surface area (TPSA) is 72.0 Å². The van der Waals surface area contributed by atoms with Crippen LogP contribution >= 0.6 is 11.3 Å². The van der Waals surface area contributed by atoms with Crippen molar-refractivity contribution in [2.75, 3.05) is 33.9 Å². The first-order valence-electron chi connectivity index (χ1n) is 8.34. The molecular weight excluding hydrogens is 342 g/mol. The second-order valence-corrected chi connectivity index (χ2v) is 7.75. The molecule has 4 atom stereocenters. The molecule has 1 aromatic heterocycles. The first-order chi connectivity index (χ1) is 12.1. The third-order valence-electron chi connectivity index (χ3n) is 5.26. The summed E-state index contributed by atoms with van der Waals surface area (Å²) in [5.41, 5.74) is -0.655. The van der Waals surface area contributed by atoms with Crippen molar-refractivity contribution in [1.82, 2.24) is 14.8 Å². The summed E-state index contributed by atoms with van der Waals surface area (Å²) in [7, 11) is 3.37. The summed E-state index contributed by atoms with van der Waals surface area (Å²) < 4.78 is 11.2. The molecule has 8 heteroatoms. The number of hydrogen-bond acceptors (Lipinski definition) is 6. The van der Waals surface area contributed by atoms with E-state index < -0.39 is 17.4 Å². The van der Waals surface area contributed by atoms with Gasteiger partial charge in [-0.3, -0.25) is 9.59 Å². The van der Waals surface area contributed by atoms with Crippen LogP contribution in [0.2, 0.25) is 0 Å². The third kappa shape index (κ3) is 2.59. The minimum atomic E-state index is -0.655. The number of fused-ring (bicyclic) bond motifs is 1. The predicted molar refractivity (Wildman–Crippen MR) is 90.8 cm³/mol. The van der Waals surface area contributed by atoms with Crippen LogP contribution < -0.4 is 0 Å². The Hall–Kier alpha value is -1.77. The number of rotatable bonds is 6. The number of thiazole rings is 1. The minimum Gasteiger partial charge on any atom is -0.383 e. The van der Waals surface area contributed by atoms with Gasteiger partial charge in [0.25, 0.3) is 0 Å². The number of hydrogen-bond donors (Lipinski definition) is 0. The molecule has 1 aromatic rings. The summed E-state index contributed by atoms with van der Waals surface area (Å²) in [6.45, 7) is 1.94. The van der Waals surface area contributed by atoms with E-state index in [0.717, 1.165) is 5.01 Å². The molecule has 134 valence electrons. The number of nitrogens with zero attached hydrogens (tertiary/aromatic N) is 3. The first kappa shape index (κ1) is 16.7. The van der Waals surface area contributed by atoms with E-state index in [1.807, 2.05) is 17.5 Å². The van der Waals surface area contributed by atoms with Gasteiger partial charge in [-0.05, 0) is 0 Å². The standard InChI is InChI=1S/C17H21N3O4S/c1-19(9-12-18-5-8-25-12)15(21)13-11-3-4-17(24-11)10-20(6-7-23-2)16(22)14(13)17/h3-5,8,11,13-14H,6-7,9-10H2,1-2H3/t11-,13?,14?,17-/m0/s1. The van der Waals surface area contributed by atoms with Gasteiger partial charge >= 0.3 is 0 Å². The third-order valence-corrected chi connectivity index (χ3v) is 6.03. The molecule has 0 aromatic carbocycles. The van der Waals surface area contributed by atoms with Gasteiger partial charge in [0.2, 0.25) is 11.8 Å². The van der Waals surface area contributed by atoms with Crippen molar-refractivity contribution >= 4 is 23.2 Å². The van der Waals surface area contributed by atoms with Crippen LogP contribution in [0.4, 0.5) is 0 Å².